The highest BCUT2D eigenvalue weighted by Gasteiger charge is 2.42. The summed E-state index contributed by atoms with van der Waals surface area (Å²) < 4.78 is 0. The molecule has 1 amide bonds. The number of amides is 1. The number of carbonyl (C=O) groups is 1. The first-order valence-electron chi connectivity index (χ1n) is 6.03. The molecule has 0 atom stereocenters. The Morgan fingerprint density at radius 1 is 1.38 bits per heavy atom. The maximum absolute atomic E-state index is 11.8. The molecule has 1 aliphatic rings. The van der Waals surface area contributed by atoms with Gasteiger partial charge in [-0.3, -0.25) is 9.69 Å². The zero-order valence-corrected chi connectivity index (χ0v) is 11.2. The first-order chi connectivity index (χ1) is 7.26. The molecular formula is C12H25N3O. The normalized spacial score (nSPS) is 20.0. The van der Waals surface area contributed by atoms with Gasteiger partial charge in [0.25, 0.3) is 0 Å². The fourth-order valence-electron chi connectivity index (χ4n) is 1.85. The van der Waals surface area contributed by atoms with Crippen LogP contribution in [0.5, 0.6) is 0 Å². The van der Waals surface area contributed by atoms with E-state index in [-0.39, 0.29) is 17.5 Å². The molecule has 1 fully saturated rings. The lowest BCUT2D eigenvalue weighted by Crippen LogP contribution is -2.70. The van der Waals surface area contributed by atoms with E-state index in [1.807, 2.05) is 20.9 Å². The van der Waals surface area contributed by atoms with E-state index in [1.165, 1.54) is 0 Å². The fraction of sp³-hybridized carbons (Fsp3) is 0.917. The third-order valence-electron chi connectivity index (χ3n) is 3.71. The first-order valence-corrected chi connectivity index (χ1v) is 6.03. The molecule has 0 unspecified atom stereocenters. The molecule has 1 aliphatic heterocycles. The van der Waals surface area contributed by atoms with Crippen LogP contribution in [0.15, 0.2) is 0 Å². The molecule has 0 aromatic heterocycles. The van der Waals surface area contributed by atoms with Gasteiger partial charge in [-0.25, -0.2) is 0 Å². The highest BCUT2D eigenvalue weighted by atomic mass is 16.2. The van der Waals surface area contributed by atoms with Gasteiger partial charge in [-0.05, 0) is 19.8 Å². The second kappa shape index (κ2) is 4.72. The number of nitrogens with zero attached hydrogens (tertiary/aromatic N) is 2. The van der Waals surface area contributed by atoms with Crippen LogP contribution in [0.1, 0.15) is 27.7 Å². The van der Waals surface area contributed by atoms with Gasteiger partial charge in [0.05, 0.1) is 6.54 Å². The summed E-state index contributed by atoms with van der Waals surface area (Å²) >= 11 is 0. The fourth-order valence-corrected chi connectivity index (χ4v) is 1.85. The SMILES string of the molecule is CC(C)N(C)C(=O)CN1CC(N)(C(C)C)C1. The molecule has 0 aromatic rings. The Balaban J connectivity index is 2.35. The van der Waals surface area contributed by atoms with Crippen LogP contribution >= 0.6 is 0 Å². The molecule has 4 heteroatoms. The topological polar surface area (TPSA) is 49.6 Å². The van der Waals surface area contributed by atoms with Crippen LogP contribution in [0.3, 0.4) is 0 Å². The summed E-state index contributed by atoms with van der Waals surface area (Å²) in [7, 11) is 1.85. The molecule has 0 radical (unpaired) electrons. The molecule has 0 aromatic carbocycles. The summed E-state index contributed by atoms with van der Waals surface area (Å²) in [5.41, 5.74) is 6.09. The Bertz CT molecular complexity index is 257. The largest absolute Gasteiger partial charge is 0.342 e. The van der Waals surface area contributed by atoms with Crippen LogP contribution in [-0.4, -0.2) is 54.0 Å². The van der Waals surface area contributed by atoms with Crippen LogP contribution in [0.25, 0.3) is 0 Å². The highest BCUT2D eigenvalue weighted by molar-refractivity contribution is 5.78. The second-order valence-electron chi connectivity index (χ2n) is 5.63. The average Bonchev–Trinajstić information content (AvgIpc) is 2.13. The molecule has 0 spiro atoms. The number of hydrogen-bond donors (Lipinski definition) is 1. The number of hydrogen-bond acceptors (Lipinski definition) is 3. The second-order valence-corrected chi connectivity index (χ2v) is 5.63. The molecule has 1 heterocycles. The quantitative estimate of drug-likeness (QED) is 0.762. The zero-order valence-electron chi connectivity index (χ0n) is 11.2. The summed E-state index contributed by atoms with van der Waals surface area (Å²) in [6, 6.07) is 0.265. The predicted octanol–water partition coefficient (Wildman–Crippen LogP) is 0.522. The number of carbonyl (C=O) groups excluding carboxylic acids is 1. The minimum Gasteiger partial charge on any atom is -0.342 e. The van der Waals surface area contributed by atoms with Crippen molar-refractivity contribution in [1.29, 1.82) is 0 Å². The summed E-state index contributed by atoms with van der Waals surface area (Å²) in [6.07, 6.45) is 0. The summed E-state index contributed by atoms with van der Waals surface area (Å²) in [6.45, 7) is 10.5. The van der Waals surface area contributed by atoms with Crippen LogP contribution in [0.4, 0.5) is 0 Å². The van der Waals surface area contributed by atoms with Gasteiger partial charge in [-0.1, -0.05) is 13.8 Å². The molecule has 0 bridgehead atoms. The van der Waals surface area contributed by atoms with Crippen LogP contribution < -0.4 is 5.73 Å². The molecule has 16 heavy (non-hydrogen) atoms. The standard InChI is InChI=1S/C12H25N3O/c1-9(2)12(13)7-15(8-12)6-11(16)14(5)10(3)4/h9-10H,6-8,13H2,1-5H3. The van der Waals surface area contributed by atoms with Crippen molar-refractivity contribution in [2.75, 3.05) is 26.7 Å². The molecule has 1 rings (SSSR count). The van der Waals surface area contributed by atoms with E-state index in [4.69, 9.17) is 5.73 Å². The maximum atomic E-state index is 11.8. The molecule has 1 saturated heterocycles. The van der Waals surface area contributed by atoms with Crippen molar-refractivity contribution < 1.29 is 4.79 Å². The Hall–Kier alpha value is -0.610. The summed E-state index contributed by atoms with van der Waals surface area (Å²) in [5, 5.41) is 0. The average molecular weight is 227 g/mol. The number of likely N-dealkylation sites (N-methyl/N-ethyl adjacent to an activating group) is 1. The van der Waals surface area contributed by atoms with E-state index in [1.54, 1.807) is 4.90 Å². The molecular weight excluding hydrogens is 202 g/mol. The maximum Gasteiger partial charge on any atom is 0.236 e. The zero-order chi connectivity index (χ0) is 12.5. The molecule has 0 saturated carbocycles. The number of likely N-dealkylation sites (tertiary alicyclic amines) is 1. The monoisotopic (exact) mass is 227 g/mol. The van der Waals surface area contributed by atoms with Crippen molar-refractivity contribution in [2.45, 2.75) is 39.3 Å². The van der Waals surface area contributed by atoms with E-state index in [0.29, 0.717) is 12.5 Å². The van der Waals surface area contributed by atoms with E-state index < -0.39 is 0 Å². The smallest absolute Gasteiger partial charge is 0.236 e. The molecule has 4 nitrogen and oxygen atoms in total. The number of nitrogens with two attached hydrogens (primary N) is 1. The van der Waals surface area contributed by atoms with E-state index in [9.17, 15) is 4.79 Å². The van der Waals surface area contributed by atoms with Crippen molar-refractivity contribution in [3.05, 3.63) is 0 Å². The molecule has 2 N–H and O–H groups in total. The third kappa shape index (κ3) is 2.74. The Morgan fingerprint density at radius 2 is 1.88 bits per heavy atom. The van der Waals surface area contributed by atoms with Gasteiger partial charge in [0.1, 0.15) is 0 Å². The number of rotatable bonds is 4. The van der Waals surface area contributed by atoms with Gasteiger partial charge in [0, 0.05) is 31.7 Å². The van der Waals surface area contributed by atoms with Gasteiger partial charge < -0.3 is 10.6 Å². The summed E-state index contributed by atoms with van der Waals surface area (Å²) in [5.74, 6) is 0.655. The van der Waals surface area contributed by atoms with E-state index >= 15 is 0 Å². The minimum absolute atomic E-state index is 0.0866. The van der Waals surface area contributed by atoms with Gasteiger partial charge in [0.2, 0.25) is 5.91 Å². The van der Waals surface area contributed by atoms with E-state index in [0.717, 1.165) is 13.1 Å². The first kappa shape index (κ1) is 13.5. The van der Waals surface area contributed by atoms with Crippen LogP contribution in [0.2, 0.25) is 0 Å². The molecule has 94 valence electrons. The lowest BCUT2D eigenvalue weighted by molar-refractivity contribution is -0.135. The van der Waals surface area contributed by atoms with Gasteiger partial charge in [0.15, 0.2) is 0 Å². The lowest BCUT2D eigenvalue weighted by Gasteiger charge is -2.50. The third-order valence-corrected chi connectivity index (χ3v) is 3.71. The van der Waals surface area contributed by atoms with Crippen molar-refractivity contribution in [3.63, 3.8) is 0 Å². The van der Waals surface area contributed by atoms with Crippen LogP contribution in [-0.2, 0) is 4.79 Å². The molecule has 0 aliphatic carbocycles. The minimum atomic E-state index is -0.0866. The van der Waals surface area contributed by atoms with E-state index in [2.05, 4.69) is 18.7 Å². The van der Waals surface area contributed by atoms with Crippen molar-refractivity contribution in [1.82, 2.24) is 9.80 Å². The van der Waals surface area contributed by atoms with Crippen molar-refractivity contribution in [3.8, 4) is 0 Å². The Labute approximate surface area is 98.8 Å². The highest BCUT2D eigenvalue weighted by Crippen LogP contribution is 2.25. The van der Waals surface area contributed by atoms with Crippen LogP contribution in [0, 0.1) is 5.92 Å². The van der Waals surface area contributed by atoms with Crippen molar-refractivity contribution >= 4 is 5.91 Å². The summed E-state index contributed by atoms with van der Waals surface area (Å²) in [4.78, 5) is 15.7. The Kier molecular flexibility index (Phi) is 3.97. The van der Waals surface area contributed by atoms with Crippen molar-refractivity contribution in [2.24, 2.45) is 11.7 Å². The lowest BCUT2D eigenvalue weighted by atomic mass is 9.80. The predicted molar refractivity (Wildman–Crippen MR) is 66.1 cm³/mol. The Morgan fingerprint density at radius 3 is 2.25 bits per heavy atom. The van der Waals surface area contributed by atoms with Gasteiger partial charge >= 0.3 is 0 Å². The van der Waals surface area contributed by atoms with Gasteiger partial charge in [-0.2, -0.15) is 0 Å². The van der Waals surface area contributed by atoms with Gasteiger partial charge in [-0.15, -0.1) is 0 Å².